The van der Waals surface area contributed by atoms with Crippen molar-refractivity contribution in [3.8, 4) is 11.5 Å². The summed E-state index contributed by atoms with van der Waals surface area (Å²) in [6.45, 7) is 1.89. The minimum atomic E-state index is -0.721. The lowest BCUT2D eigenvalue weighted by Gasteiger charge is -2.23. The van der Waals surface area contributed by atoms with Gasteiger partial charge >= 0.3 is 0 Å². The number of ether oxygens (including phenoxy) is 2. The number of hydrogen-bond donors (Lipinski definition) is 2. The second-order valence-corrected chi connectivity index (χ2v) is 6.60. The quantitative estimate of drug-likeness (QED) is 0.830. The van der Waals surface area contributed by atoms with Crippen LogP contribution in [-0.2, 0) is 16.1 Å². The van der Waals surface area contributed by atoms with E-state index in [0.29, 0.717) is 22.7 Å². The molecule has 0 bridgehead atoms. The van der Waals surface area contributed by atoms with Crippen molar-refractivity contribution in [2.75, 3.05) is 18.2 Å². The van der Waals surface area contributed by atoms with Crippen LogP contribution in [0.15, 0.2) is 42.5 Å². The first kappa shape index (κ1) is 17.8. The van der Waals surface area contributed by atoms with Crippen LogP contribution >= 0.6 is 0 Å². The van der Waals surface area contributed by atoms with Gasteiger partial charge in [-0.1, -0.05) is 18.2 Å². The van der Waals surface area contributed by atoms with Gasteiger partial charge in [-0.15, -0.1) is 0 Å². The van der Waals surface area contributed by atoms with Gasteiger partial charge in [0.25, 0.3) is 5.91 Å². The Bertz CT molecular complexity index is 959. The van der Waals surface area contributed by atoms with Gasteiger partial charge in [0.2, 0.25) is 18.6 Å². The smallest absolute Gasteiger partial charge is 0.254 e. The third kappa shape index (κ3) is 3.36. The molecule has 28 heavy (non-hydrogen) atoms. The fourth-order valence-electron chi connectivity index (χ4n) is 3.20. The molecule has 0 saturated heterocycles. The Balaban J connectivity index is 1.47. The number of hydrogen-bond acceptors (Lipinski definition) is 5. The van der Waals surface area contributed by atoms with Gasteiger partial charge in [-0.25, -0.2) is 0 Å². The molecule has 2 aromatic rings. The van der Waals surface area contributed by atoms with E-state index in [0.717, 1.165) is 5.56 Å². The van der Waals surface area contributed by atoms with Gasteiger partial charge in [0.15, 0.2) is 11.5 Å². The van der Waals surface area contributed by atoms with Crippen LogP contribution in [0.2, 0.25) is 0 Å². The molecule has 1 atom stereocenters. The molecule has 2 N–H and O–H groups in total. The van der Waals surface area contributed by atoms with Crippen molar-refractivity contribution in [3.63, 3.8) is 0 Å². The zero-order valence-corrected chi connectivity index (χ0v) is 15.2. The van der Waals surface area contributed by atoms with E-state index in [1.807, 2.05) is 6.07 Å². The van der Waals surface area contributed by atoms with Crippen molar-refractivity contribution in [2.45, 2.75) is 19.5 Å². The summed E-state index contributed by atoms with van der Waals surface area (Å²) in [6, 6.07) is 11.5. The van der Waals surface area contributed by atoms with Gasteiger partial charge in [0.1, 0.15) is 12.6 Å². The number of rotatable bonds is 4. The Morgan fingerprint density at radius 2 is 1.96 bits per heavy atom. The molecule has 2 aromatic carbocycles. The molecule has 0 radical (unpaired) electrons. The van der Waals surface area contributed by atoms with Crippen LogP contribution < -0.4 is 25.0 Å². The number of para-hydroxylation sites is 1. The van der Waals surface area contributed by atoms with Crippen LogP contribution in [0.1, 0.15) is 22.8 Å². The van der Waals surface area contributed by atoms with Gasteiger partial charge < -0.3 is 25.0 Å². The highest BCUT2D eigenvalue weighted by Gasteiger charge is 2.32. The predicted octanol–water partition coefficient (Wildman–Crippen LogP) is 1.20. The average molecular weight is 381 g/mol. The molecule has 4 rings (SSSR count). The summed E-state index contributed by atoms with van der Waals surface area (Å²) < 4.78 is 10.6. The molecule has 2 aliphatic rings. The SMILES string of the molecule is C[C@H]1NC(=O)c2ccccc2N(CC(=O)NCc2ccc3c(c2)OCO3)C1=O. The predicted molar refractivity (Wildman–Crippen MR) is 100 cm³/mol. The Hall–Kier alpha value is -3.55. The van der Waals surface area contributed by atoms with Crippen molar-refractivity contribution >= 4 is 23.4 Å². The third-order valence-electron chi connectivity index (χ3n) is 4.65. The summed E-state index contributed by atoms with van der Waals surface area (Å²) in [5, 5.41) is 5.45. The van der Waals surface area contributed by atoms with Gasteiger partial charge in [-0.2, -0.15) is 0 Å². The first-order valence-electron chi connectivity index (χ1n) is 8.89. The highest BCUT2D eigenvalue weighted by molar-refractivity contribution is 6.12. The summed E-state index contributed by atoms with van der Waals surface area (Å²) in [6.07, 6.45) is 0. The number of nitrogens with one attached hydrogen (secondary N) is 2. The number of amides is 3. The molecular weight excluding hydrogens is 362 g/mol. The summed E-state index contributed by atoms with van der Waals surface area (Å²) in [4.78, 5) is 38.8. The number of fused-ring (bicyclic) bond motifs is 2. The van der Waals surface area contributed by atoms with Crippen LogP contribution in [0.25, 0.3) is 0 Å². The van der Waals surface area contributed by atoms with Crippen molar-refractivity contribution in [3.05, 3.63) is 53.6 Å². The summed E-state index contributed by atoms with van der Waals surface area (Å²) >= 11 is 0. The van der Waals surface area contributed by atoms with E-state index in [1.54, 1.807) is 43.3 Å². The second kappa shape index (κ2) is 7.22. The first-order valence-corrected chi connectivity index (χ1v) is 8.89. The zero-order valence-electron chi connectivity index (χ0n) is 15.2. The third-order valence-corrected chi connectivity index (χ3v) is 4.65. The van der Waals surface area contributed by atoms with E-state index in [9.17, 15) is 14.4 Å². The maximum atomic E-state index is 12.7. The van der Waals surface area contributed by atoms with Crippen molar-refractivity contribution in [1.82, 2.24) is 10.6 Å². The standard InChI is InChI=1S/C20H19N3O5/c1-12-20(26)23(15-5-3-2-4-14(15)19(25)22-12)10-18(24)21-9-13-6-7-16-17(8-13)28-11-27-16/h2-8,12H,9-11H2,1H3,(H,21,24)(H,22,25)/t12-/m1/s1. The maximum absolute atomic E-state index is 12.7. The van der Waals surface area contributed by atoms with Gasteiger partial charge in [-0.05, 0) is 36.8 Å². The average Bonchev–Trinajstić information content (AvgIpc) is 3.14. The lowest BCUT2D eigenvalue weighted by Crippen LogP contribution is -2.47. The van der Waals surface area contributed by atoms with E-state index in [1.165, 1.54) is 4.90 Å². The topological polar surface area (TPSA) is 97.0 Å². The maximum Gasteiger partial charge on any atom is 0.254 e. The summed E-state index contributed by atoms with van der Waals surface area (Å²) in [5.41, 5.74) is 1.64. The van der Waals surface area contributed by atoms with Crippen molar-refractivity contribution in [1.29, 1.82) is 0 Å². The number of anilines is 1. The van der Waals surface area contributed by atoms with Gasteiger partial charge in [0.05, 0.1) is 11.3 Å². The lowest BCUT2D eigenvalue weighted by molar-refractivity contribution is -0.124. The summed E-state index contributed by atoms with van der Waals surface area (Å²) in [5.74, 6) is 0.313. The number of carbonyl (C=O) groups is 3. The molecule has 144 valence electrons. The molecule has 2 heterocycles. The second-order valence-electron chi connectivity index (χ2n) is 6.60. The Morgan fingerprint density at radius 1 is 1.18 bits per heavy atom. The molecule has 8 heteroatoms. The van der Waals surface area contributed by atoms with E-state index in [-0.39, 0.29) is 37.6 Å². The molecule has 0 spiro atoms. The van der Waals surface area contributed by atoms with Crippen molar-refractivity contribution in [2.24, 2.45) is 0 Å². The molecule has 2 aliphatic heterocycles. The van der Waals surface area contributed by atoms with Crippen LogP contribution in [0.4, 0.5) is 5.69 Å². The molecule has 3 amide bonds. The Labute approximate surface area is 161 Å². The van der Waals surface area contributed by atoms with Gasteiger partial charge in [0, 0.05) is 6.54 Å². The molecule has 8 nitrogen and oxygen atoms in total. The summed E-state index contributed by atoms with van der Waals surface area (Å²) in [7, 11) is 0. The number of benzene rings is 2. The Morgan fingerprint density at radius 3 is 2.82 bits per heavy atom. The minimum Gasteiger partial charge on any atom is -0.454 e. The molecular formula is C20H19N3O5. The van der Waals surface area contributed by atoms with E-state index >= 15 is 0 Å². The Kier molecular flexibility index (Phi) is 4.60. The minimum absolute atomic E-state index is 0.181. The van der Waals surface area contributed by atoms with Crippen LogP contribution in [0, 0.1) is 0 Å². The van der Waals surface area contributed by atoms with Crippen molar-refractivity contribution < 1.29 is 23.9 Å². The highest BCUT2D eigenvalue weighted by Crippen LogP contribution is 2.32. The lowest BCUT2D eigenvalue weighted by atomic mass is 10.1. The van der Waals surface area contributed by atoms with E-state index in [4.69, 9.17) is 9.47 Å². The van der Waals surface area contributed by atoms with Crippen LogP contribution in [0.3, 0.4) is 0 Å². The zero-order chi connectivity index (χ0) is 19.7. The molecule has 0 fully saturated rings. The highest BCUT2D eigenvalue weighted by atomic mass is 16.7. The fourth-order valence-corrected chi connectivity index (χ4v) is 3.20. The largest absolute Gasteiger partial charge is 0.454 e. The van der Waals surface area contributed by atoms with Gasteiger partial charge in [-0.3, -0.25) is 14.4 Å². The van der Waals surface area contributed by atoms with E-state index in [2.05, 4.69) is 10.6 Å². The monoisotopic (exact) mass is 381 g/mol. The number of carbonyl (C=O) groups excluding carboxylic acids is 3. The van der Waals surface area contributed by atoms with Crippen LogP contribution in [-0.4, -0.2) is 37.1 Å². The molecule has 0 aliphatic carbocycles. The normalized spacial score (nSPS) is 17.6. The molecule has 0 unspecified atom stereocenters. The molecule has 0 aromatic heterocycles. The van der Waals surface area contributed by atoms with Crippen LogP contribution in [0.5, 0.6) is 11.5 Å². The first-order chi connectivity index (χ1) is 13.5. The fraction of sp³-hybridized carbons (Fsp3) is 0.250. The molecule has 0 saturated carbocycles. The number of nitrogens with zero attached hydrogens (tertiary/aromatic N) is 1. The van der Waals surface area contributed by atoms with E-state index < -0.39 is 6.04 Å².